The van der Waals surface area contributed by atoms with Crippen LogP contribution in [0.5, 0.6) is 0 Å². The van der Waals surface area contributed by atoms with Gasteiger partial charge in [0, 0.05) is 11.6 Å². The van der Waals surface area contributed by atoms with Crippen LogP contribution in [-0.2, 0) is 16.1 Å². The summed E-state index contributed by atoms with van der Waals surface area (Å²) < 4.78 is 18.2. The Balaban J connectivity index is 1.77. The van der Waals surface area contributed by atoms with Crippen LogP contribution in [-0.4, -0.2) is 12.0 Å². The Labute approximate surface area is 99.8 Å². The topological polar surface area (TPSA) is 52.3 Å². The summed E-state index contributed by atoms with van der Waals surface area (Å²) in [6, 6.07) is 6.15. The third-order valence-electron chi connectivity index (χ3n) is 2.98. The molecule has 4 heteroatoms. The summed E-state index contributed by atoms with van der Waals surface area (Å²) in [6.07, 6.45) is 2.42. The quantitative estimate of drug-likeness (QED) is 0.797. The molecule has 2 N–H and O–H groups in total. The Morgan fingerprint density at radius 1 is 1.47 bits per heavy atom. The Hall–Kier alpha value is -1.42. The predicted molar refractivity (Wildman–Crippen MR) is 61.5 cm³/mol. The molecule has 1 saturated carbocycles. The number of rotatable bonds is 5. The standard InChI is InChI=1S/C13H16FNO2/c14-11-4-2-1-3-10(11)8-17-13(16)7-12(15)9-5-6-9/h1-4,9,12H,5-8,15H2. The second kappa shape index (κ2) is 5.27. The molecule has 1 unspecified atom stereocenters. The lowest BCUT2D eigenvalue weighted by Gasteiger charge is -2.10. The highest BCUT2D eigenvalue weighted by Gasteiger charge is 2.30. The molecule has 92 valence electrons. The van der Waals surface area contributed by atoms with E-state index in [0.29, 0.717) is 11.5 Å². The molecule has 0 radical (unpaired) electrons. The highest BCUT2D eigenvalue weighted by atomic mass is 19.1. The second-order valence-corrected chi connectivity index (χ2v) is 4.46. The average Bonchev–Trinajstić information content (AvgIpc) is 3.11. The average molecular weight is 237 g/mol. The van der Waals surface area contributed by atoms with Crippen molar-refractivity contribution < 1.29 is 13.9 Å². The molecule has 17 heavy (non-hydrogen) atoms. The largest absolute Gasteiger partial charge is 0.461 e. The van der Waals surface area contributed by atoms with E-state index in [-0.39, 0.29) is 30.9 Å². The number of ether oxygens (including phenoxy) is 1. The van der Waals surface area contributed by atoms with Gasteiger partial charge in [-0.15, -0.1) is 0 Å². The Kier molecular flexibility index (Phi) is 3.74. The van der Waals surface area contributed by atoms with Gasteiger partial charge in [0.1, 0.15) is 12.4 Å². The van der Waals surface area contributed by atoms with Gasteiger partial charge in [0.25, 0.3) is 0 Å². The van der Waals surface area contributed by atoms with Gasteiger partial charge in [-0.3, -0.25) is 4.79 Å². The molecule has 0 aliphatic heterocycles. The van der Waals surface area contributed by atoms with Crippen molar-refractivity contribution in [3.63, 3.8) is 0 Å². The first-order valence-corrected chi connectivity index (χ1v) is 5.81. The first kappa shape index (κ1) is 12.0. The third-order valence-corrected chi connectivity index (χ3v) is 2.98. The van der Waals surface area contributed by atoms with Crippen LogP contribution in [0.4, 0.5) is 4.39 Å². The van der Waals surface area contributed by atoms with Crippen molar-refractivity contribution >= 4 is 5.97 Å². The maximum Gasteiger partial charge on any atom is 0.307 e. The molecule has 0 heterocycles. The Bertz CT molecular complexity index is 404. The van der Waals surface area contributed by atoms with Gasteiger partial charge in [0.15, 0.2) is 0 Å². The van der Waals surface area contributed by atoms with Crippen molar-refractivity contribution in [3.05, 3.63) is 35.6 Å². The van der Waals surface area contributed by atoms with Gasteiger partial charge in [-0.2, -0.15) is 0 Å². The highest BCUT2D eigenvalue weighted by molar-refractivity contribution is 5.70. The Morgan fingerprint density at radius 3 is 2.82 bits per heavy atom. The third kappa shape index (κ3) is 3.53. The van der Waals surface area contributed by atoms with Crippen LogP contribution >= 0.6 is 0 Å². The first-order chi connectivity index (χ1) is 8.16. The minimum Gasteiger partial charge on any atom is -0.461 e. The molecule has 3 nitrogen and oxygen atoms in total. The van der Waals surface area contributed by atoms with Crippen LogP contribution in [0.2, 0.25) is 0 Å². The van der Waals surface area contributed by atoms with E-state index in [9.17, 15) is 9.18 Å². The zero-order valence-electron chi connectivity index (χ0n) is 9.56. The number of carbonyl (C=O) groups excluding carboxylic acids is 1. The van der Waals surface area contributed by atoms with Gasteiger partial charge < -0.3 is 10.5 Å². The molecule has 0 aromatic heterocycles. The summed E-state index contributed by atoms with van der Waals surface area (Å²) in [4.78, 5) is 11.4. The van der Waals surface area contributed by atoms with Crippen LogP contribution in [0.1, 0.15) is 24.8 Å². The summed E-state index contributed by atoms with van der Waals surface area (Å²) in [7, 11) is 0. The number of hydrogen-bond donors (Lipinski definition) is 1. The van der Waals surface area contributed by atoms with E-state index in [1.165, 1.54) is 6.07 Å². The summed E-state index contributed by atoms with van der Waals surface area (Å²) in [5, 5.41) is 0. The summed E-state index contributed by atoms with van der Waals surface area (Å²) in [5.74, 6) is -0.240. The number of hydrogen-bond acceptors (Lipinski definition) is 3. The summed E-state index contributed by atoms with van der Waals surface area (Å²) >= 11 is 0. The van der Waals surface area contributed by atoms with Crippen molar-refractivity contribution in [3.8, 4) is 0 Å². The molecule has 1 atom stereocenters. The lowest BCUT2D eigenvalue weighted by Crippen LogP contribution is -2.26. The fourth-order valence-corrected chi connectivity index (χ4v) is 1.72. The van der Waals surface area contributed by atoms with Gasteiger partial charge in [0.2, 0.25) is 0 Å². The lowest BCUT2D eigenvalue weighted by atomic mass is 10.1. The normalized spacial score (nSPS) is 16.6. The van der Waals surface area contributed by atoms with Crippen molar-refractivity contribution in [1.82, 2.24) is 0 Å². The molecule has 0 spiro atoms. The van der Waals surface area contributed by atoms with Crippen LogP contribution in [0.25, 0.3) is 0 Å². The van der Waals surface area contributed by atoms with Gasteiger partial charge in [-0.05, 0) is 24.8 Å². The number of esters is 1. The van der Waals surface area contributed by atoms with E-state index in [0.717, 1.165) is 12.8 Å². The molecule has 0 amide bonds. The van der Waals surface area contributed by atoms with Crippen LogP contribution in [0.3, 0.4) is 0 Å². The van der Waals surface area contributed by atoms with E-state index < -0.39 is 0 Å². The van der Waals surface area contributed by atoms with Crippen LogP contribution in [0.15, 0.2) is 24.3 Å². The monoisotopic (exact) mass is 237 g/mol. The number of nitrogens with two attached hydrogens (primary N) is 1. The van der Waals surface area contributed by atoms with Crippen molar-refractivity contribution in [2.75, 3.05) is 0 Å². The number of carbonyl (C=O) groups is 1. The van der Waals surface area contributed by atoms with E-state index >= 15 is 0 Å². The van der Waals surface area contributed by atoms with E-state index in [2.05, 4.69) is 0 Å². The smallest absolute Gasteiger partial charge is 0.307 e. The number of halogens is 1. The summed E-state index contributed by atoms with van der Waals surface area (Å²) in [5.41, 5.74) is 6.19. The lowest BCUT2D eigenvalue weighted by molar-refractivity contribution is -0.145. The van der Waals surface area contributed by atoms with Gasteiger partial charge in [-0.1, -0.05) is 18.2 Å². The minimum absolute atomic E-state index is 0.0249. The highest BCUT2D eigenvalue weighted by Crippen LogP contribution is 2.32. The maximum absolute atomic E-state index is 13.2. The molecule has 1 aromatic carbocycles. The molecule has 0 saturated heterocycles. The summed E-state index contributed by atoms with van der Waals surface area (Å²) in [6.45, 7) is -0.0249. The molecule has 1 aromatic rings. The van der Waals surface area contributed by atoms with E-state index in [1.54, 1.807) is 18.2 Å². The molecule has 2 rings (SSSR count). The Morgan fingerprint density at radius 2 is 2.18 bits per heavy atom. The molecule has 1 aliphatic rings. The zero-order chi connectivity index (χ0) is 12.3. The van der Waals surface area contributed by atoms with Gasteiger partial charge >= 0.3 is 5.97 Å². The molecule has 0 bridgehead atoms. The van der Waals surface area contributed by atoms with Gasteiger partial charge in [-0.25, -0.2) is 4.39 Å². The van der Waals surface area contributed by atoms with Crippen LogP contribution < -0.4 is 5.73 Å². The first-order valence-electron chi connectivity index (χ1n) is 5.81. The fourth-order valence-electron chi connectivity index (χ4n) is 1.72. The molecule has 1 fully saturated rings. The molecular weight excluding hydrogens is 221 g/mol. The fraction of sp³-hybridized carbons (Fsp3) is 0.462. The number of benzene rings is 1. The predicted octanol–water partition coefficient (Wildman–Crippen LogP) is 2.00. The van der Waals surface area contributed by atoms with Crippen molar-refractivity contribution in [2.24, 2.45) is 11.7 Å². The van der Waals surface area contributed by atoms with E-state index in [4.69, 9.17) is 10.5 Å². The minimum atomic E-state index is -0.355. The zero-order valence-corrected chi connectivity index (χ0v) is 9.56. The second-order valence-electron chi connectivity index (χ2n) is 4.46. The van der Waals surface area contributed by atoms with Crippen LogP contribution in [0, 0.1) is 11.7 Å². The van der Waals surface area contributed by atoms with E-state index in [1.807, 2.05) is 0 Å². The molecular formula is C13H16FNO2. The molecule has 1 aliphatic carbocycles. The van der Waals surface area contributed by atoms with Crippen molar-refractivity contribution in [1.29, 1.82) is 0 Å². The van der Waals surface area contributed by atoms with Crippen molar-refractivity contribution in [2.45, 2.75) is 31.9 Å². The SMILES string of the molecule is NC(CC(=O)OCc1ccccc1F)C1CC1. The van der Waals surface area contributed by atoms with Gasteiger partial charge in [0.05, 0.1) is 6.42 Å². The maximum atomic E-state index is 13.2.